The highest BCUT2D eigenvalue weighted by Crippen LogP contribution is 2.26. The van der Waals surface area contributed by atoms with E-state index in [9.17, 15) is 4.79 Å². The zero-order valence-corrected chi connectivity index (χ0v) is 9.84. The maximum absolute atomic E-state index is 11.6. The molecule has 0 aromatic carbocycles. The van der Waals surface area contributed by atoms with Crippen LogP contribution in [0.5, 0.6) is 0 Å². The average molecular weight is 215 g/mol. The summed E-state index contributed by atoms with van der Waals surface area (Å²) in [7, 11) is 3.26. The van der Waals surface area contributed by atoms with Crippen LogP contribution in [0.3, 0.4) is 0 Å². The molecule has 1 rings (SSSR count). The van der Waals surface area contributed by atoms with Crippen molar-refractivity contribution in [3.8, 4) is 0 Å². The van der Waals surface area contributed by atoms with E-state index < -0.39 is 5.60 Å². The van der Waals surface area contributed by atoms with Gasteiger partial charge in [-0.3, -0.25) is 4.79 Å². The quantitative estimate of drug-likeness (QED) is 0.717. The van der Waals surface area contributed by atoms with E-state index in [4.69, 9.17) is 9.47 Å². The summed E-state index contributed by atoms with van der Waals surface area (Å²) in [6, 6.07) is 0. The van der Waals surface area contributed by atoms with Crippen molar-refractivity contribution in [2.24, 2.45) is 5.92 Å². The summed E-state index contributed by atoms with van der Waals surface area (Å²) in [5.41, 5.74) is -0.422. The molecule has 4 heteroatoms. The summed E-state index contributed by atoms with van der Waals surface area (Å²) in [4.78, 5) is 11.6. The lowest BCUT2D eigenvalue weighted by atomic mass is 9.84. The molecule has 1 fully saturated rings. The van der Waals surface area contributed by atoms with Gasteiger partial charge in [-0.2, -0.15) is 0 Å². The van der Waals surface area contributed by atoms with Gasteiger partial charge in [0.1, 0.15) is 5.60 Å². The summed E-state index contributed by atoms with van der Waals surface area (Å²) in [6.07, 6.45) is 3.23. The third-order valence-corrected chi connectivity index (χ3v) is 3.05. The molecule has 0 aliphatic heterocycles. The lowest BCUT2D eigenvalue weighted by Crippen LogP contribution is -2.47. The Balaban J connectivity index is 2.29. The van der Waals surface area contributed by atoms with E-state index in [1.807, 2.05) is 6.92 Å². The molecule has 0 bridgehead atoms. The fourth-order valence-corrected chi connectivity index (χ4v) is 1.58. The molecule has 1 amide bonds. The molecule has 1 aliphatic carbocycles. The van der Waals surface area contributed by atoms with Crippen molar-refractivity contribution in [1.29, 1.82) is 0 Å². The van der Waals surface area contributed by atoms with Crippen molar-refractivity contribution in [2.75, 3.05) is 27.4 Å². The first kappa shape index (κ1) is 12.5. The van der Waals surface area contributed by atoms with E-state index in [1.54, 1.807) is 14.2 Å². The molecule has 1 atom stereocenters. The number of hydrogen-bond acceptors (Lipinski definition) is 3. The van der Waals surface area contributed by atoms with Gasteiger partial charge in [0.25, 0.3) is 0 Å². The summed E-state index contributed by atoms with van der Waals surface area (Å²) in [5, 5.41) is 2.92. The number of methoxy groups -OCH3 is 2. The van der Waals surface area contributed by atoms with E-state index in [2.05, 4.69) is 5.32 Å². The van der Waals surface area contributed by atoms with Gasteiger partial charge in [-0.15, -0.1) is 0 Å². The average Bonchev–Trinajstić information content (AvgIpc) is 2.13. The van der Waals surface area contributed by atoms with Gasteiger partial charge in [-0.05, 0) is 19.8 Å². The zero-order valence-electron chi connectivity index (χ0n) is 9.84. The third-order valence-electron chi connectivity index (χ3n) is 3.05. The summed E-state index contributed by atoms with van der Waals surface area (Å²) in [6.45, 7) is 2.92. The molecule has 88 valence electrons. The molecule has 0 heterocycles. The van der Waals surface area contributed by atoms with E-state index in [0.29, 0.717) is 13.2 Å². The lowest BCUT2D eigenvalue weighted by molar-refractivity contribution is -0.129. The van der Waals surface area contributed by atoms with Crippen LogP contribution in [0.25, 0.3) is 0 Å². The topological polar surface area (TPSA) is 47.6 Å². The normalized spacial score (nSPS) is 20.5. The Morgan fingerprint density at radius 3 is 2.53 bits per heavy atom. The summed E-state index contributed by atoms with van der Waals surface area (Å²) < 4.78 is 10.4. The molecular weight excluding hydrogens is 194 g/mol. The molecule has 0 aromatic rings. The first-order chi connectivity index (χ1) is 7.11. The molecule has 1 aliphatic rings. The van der Waals surface area contributed by atoms with Crippen LogP contribution in [-0.2, 0) is 14.3 Å². The first-order valence-electron chi connectivity index (χ1n) is 5.43. The molecule has 0 aromatic heterocycles. The number of carbonyl (C=O) groups excluding carboxylic acids is 1. The Morgan fingerprint density at radius 2 is 2.13 bits per heavy atom. The van der Waals surface area contributed by atoms with Crippen molar-refractivity contribution in [3.63, 3.8) is 0 Å². The predicted octanol–water partition coefficient (Wildman–Crippen LogP) is 0.954. The van der Waals surface area contributed by atoms with Crippen LogP contribution in [0, 0.1) is 5.92 Å². The summed E-state index contributed by atoms with van der Waals surface area (Å²) in [5.74, 6) is 0.384. The van der Waals surface area contributed by atoms with Gasteiger partial charge in [-0.1, -0.05) is 6.42 Å². The van der Waals surface area contributed by atoms with Gasteiger partial charge >= 0.3 is 0 Å². The van der Waals surface area contributed by atoms with E-state index in [1.165, 1.54) is 6.42 Å². The van der Waals surface area contributed by atoms with Crippen LogP contribution in [0.2, 0.25) is 0 Å². The van der Waals surface area contributed by atoms with Crippen molar-refractivity contribution >= 4 is 5.91 Å². The number of amides is 1. The van der Waals surface area contributed by atoms with Crippen molar-refractivity contribution < 1.29 is 14.3 Å². The second-order valence-electron chi connectivity index (χ2n) is 4.43. The standard InChI is InChI=1S/C11H21NO3/c1-11(15-3,8-14-2)7-12-10(13)9-5-4-6-9/h9H,4-8H2,1-3H3,(H,12,13)/t11-/m1/s1. The smallest absolute Gasteiger partial charge is 0.223 e. The number of nitrogens with one attached hydrogen (secondary N) is 1. The van der Waals surface area contributed by atoms with Crippen molar-refractivity contribution in [2.45, 2.75) is 31.8 Å². The minimum atomic E-state index is -0.422. The maximum atomic E-state index is 11.6. The molecule has 0 saturated heterocycles. The molecule has 0 unspecified atom stereocenters. The van der Waals surface area contributed by atoms with Crippen LogP contribution >= 0.6 is 0 Å². The van der Waals surface area contributed by atoms with Crippen LogP contribution in [0.15, 0.2) is 0 Å². The van der Waals surface area contributed by atoms with Gasteiger partial charge in [0.15, 0.2) is 0 Å². The van der Waals surface area contributed by atoms with Crippen molar-refractivity contribution in [3.05, 3.63) is 0 Å². The SMILES string of the molecule is COC[C@@](C)(CNC(=O)C1CCC1)OC. The zero-order chi connectivity index (χ0) is 11.3. The van der Waals surface area contributed by atoms with E-state index in [0.717, 1.165) is 12.8 Å². The molecule has 1 saturated carbocycles. The number of hydrogen-bond donors (Lipinski definition) is 1. The van der Waals surface area contributed by atoms with Gasteiger partial charge in [0, 0.05) is 26.7 Å². The van der Waals surface area contributed by atoms with Gasteiger partial charge in [0.2, 0.25) is 5.91 Å². The monoisotopic (exact) mass is 215 g/mol. The second-order valence-corrected chi connectivity index (χ2v) is 4.43. The third kappa shape index (κ3) is 3.47. The Kier molecular flexibility index (Phi) is 4.54. The van der Waals surface area contributed by atoms with Gasteiger partial charge in [0.05, 0.1) is 6.61 Å². The highest BCUT2D eigenvalue weighted by molar-refractivity contribution is 5.79. The van der Waals surface area contributed by atoms with Gasteiger partial charge < -0.3 is 14.8 Å². The molecule has 0 spiro atoms. The molecule has 0 radical (unpaired) electrons. The van der Waals surface area contributed by atoms with Crippen LogP contribution in [0.1, 0.15) is 26.2 Å². The highest BCUT2D eigenvalue weighted by Gasteiger charge is 2.29. The minimum Gasteiger partial charge on any atom is -0.382 e. The van der Waals surface area contributed by atoms with Crippen LogP contribution < -0.4 is 5.32 Å². The minimum absolute atomic E-state index is 0.153. The van der Waals surface area contributed by atoms with Crippen LogP contribution in [-0.4, -0.2) is 38.9 Å². The fourth-order valence-electron chi connectivity index (χ4n) is 1.58. The first-order valence-corrected chi connectivity index (χ1v) is 5.43. The van der Waals surface area contributed by atoms with Crippen LogP contribution in [0.4, 0.5) is 0 Å². The second kappa shape index (κ2) is 5.47. The van der Waals surface area contributed by atoms with E-state index >= 15 is 0 Å². The van der Waals surface area contributed by atoms with E-state index in [-0.39, 0.29) is 11.8 Å². The highest BCUT2D eigenvalue weighted by atomic mass is 16.5. The Morgan fingerprint density at radius 1 is 1.47 bits per heavy atom. The molecule has 15 heavy (non-hydrogen) atoms. The predicted molar refractivity (Wildman–Crippen MR) is 57.6 cm³/mol. The Bertz CT molecular complexity index is 216. The Labute approximate surface area is 91.3 Å². The number of ether oxygens (including phenoxy) is 2. The molecular formula is C11H21NO3. The van der Waals surface area contributed by atoms with Crippen molar-refractivity contribution in [1.82, 2.24) is 5.32 Å². The molecule has 4 nitrogen and oxygen atoms in total. The number of carbonyl (C=O) groups is 1. The maximum Gasteiger partial charge on any atom is 0.223 e. The summed E-state index contributed by atoms with van der Waals surface area (Å²) >= 11 is 0. The lowest BCUT2D eigenvalue weighted by Gasteiger charge is -2.30. The van der Waals surface area contributed by atoms with Gasteiger partial charge in [-0.25, -0.2) is 0 Å². The molecule has 1 N–H and O–H groups in total. The largest absolute Gasteiger partial charge is 0.382 e. The fraction of sp³-hybridized carbons (Fsp3) is 0.909. The Hall–Kier alpha value is -0.610. The number of rotatable bonds is 6.